The highest BCUT2D eigenvalue weighted by Gasteiger charge is 2.27. The summed E-state index contributed by atoms with van der Waals surface area (Å²) < 4.78 is 25.5. The number of pyridine rings is 1. The molecule has 0 bridgehead atoms. The van der Waals surface area contributed by atoms with Crippen LogP contribution in [0.2, 0.25) is 0 Å². The zero-order chi connectivity index (χ0) is 23.1. The van der Waals surface area contributed by atoms with E-state index in [9.17, 15) is 9.50 Å². The van der Waals surface area contributed by atoms with Gasteiger partial charge in [-0.05, 0) is 63.6 Å². The van der Waals surface area contributed by atoms with Gasteiger partial charge in [-0.25, -0.2) is 9.38 Å². The number of nitrogens with zero attached hydrogens (tertiary/aromatic N) is 2. The number of rotatable bonds is 8. The van der Waals surface area contributed by atoms with Gasteiger partial charge in [0, 0.05) is 18.3 Å². The molecule has 33 heavy (non-hydrogen) atoms. The van der Waals surface area contributed by atoms with E-state index in [2.05, 4.69) is 20.6 Å². The van der Waals surface area contributed by atoms with Crippen molar-refractivity contribution < 1.29 is 18.7 Å². The SMILES string of the molecule is CCNC(=NCc1ccc(Oc2cccnc2)c(F)c1)NCC(C)(O)c1cc(C)oc1C.I. The van der Waals surface area contributed by atoms with E-state index >= 15 is 0 Å². The number of aromatic nitrogens is 1. The van der Waals surface area contributed by atoms with Gasteiger partial charge in [0.1, 0.15) is 22.9 Å². The Labute approximate surface area is 210 Å². The molecule has 1 atom stereocenters. The molecule has 0 saturated heterocycles. The molecule has 9 heteroatoms. The van der Waals surface area contributed by atoms with E-state index in [4.69, 9.17) is 9.15 Å². The first-order chi connectivity index (χ1) is 15.3. The highest BCUT2D eigenvalue weighted by molar-refractivity contribution is 14.0. The fourth-order valence-corrected chi connectivity index (χ4v) is 3.29. The van der Waals surface area contributed by atoms with Crippen LogP contribution < -0.4 is 15.4 Å². The molecule has 1 aromatic carbocycles. The Bertz CT molecular complexity index is 1070. The average Bonchev–Trinajstić information content (AvgIpc) is 3.11. The van der Waals surface area contributed by atoms with Crippen LogP contribution in [0.5, 0.6) is 11.5 Å². The number of aliphatic imine (C=N–C) groups is 1. The number of ether oxygens (including phenoxy) is 1. The molecule has 0 amide bonds. The molecule has 3 rings (SSSR count). The van der Waals surface area contributed by atoms with Gasteiger partial charge in [-0.1, -0.05) is 6.07 Å². The Balaban J connectivity index is 0.00000385. The van der Waals surface area contributed by atoms with Crippen molar-refractivity contribution in [3.8, 4) is 11.5 Å². The van der Waals surface area contributed by atoms with E-state index in [0.29, 0.717) is 29.6 Å². The first kappa shape index (κ1) is 26.6. The summed E-state index contributed by atoms with van der Waals surface area (Å²) in [4.78, 5) is 8.46. The second kappa shape index (κ2) is 12.0. The minimum absolute atomic E-state index is 0. The van der Waals surface area contributed by atoms with Crippen molar-refractivity contribution in [2.75, 3.05) is 13.1 Å². The molecule has 0 spiro atoms. The molecule has 3 aromatic rings. The van der Waals surface area contributed by atoms with Crippen molar-refractivity contribution in [2.24, 2.45) is 4.99 Å². The van der Waals surface area contributed by atoms with E-state index in [-0.39, 0.29) is 42.8 Å². The summed E-state index contributed by atoms with van der Waals surface area (Å²) in [6.45, 7) is 8.46. The van der Waals surface area contributed by atoms with E-state index < -0.39 is 11.4 Å². The molecule has 2 aromatic heterocycles. The van der Waals surface area contributed by atoms with E-state index in [0.717, 1.165) is 11.3 Å². The minimum Gasteiger partial charge on any atom is -0.466 e. The van der Waals surface area contributed by atoms with Crippen molar-refractivity contribution in [3.05, 3.63) is 77.3 Å². The summed E-state index contributed by atoms with van der Waals surface area (Å²) in [7, 11) is 0. The second-order valence-corrected chi connectivity index (χ2v) is 7.71. The third-order valence-electron chi connectivity index (χ3n) is 4.84. The number of aliphatic hydroxyl groups is 1. The number of nitrogens with one attached hydrogen (secondary N) is 2. The zero-order valence-electron chi connectivity index (χ0n) is 19.2. The van der Waals surface area contributed by atoms with E-state index in [1.807, 2.05) is 26.8 Å². The van der Waals surface area contributed by atoms with Crippen LogP contribution in [0.25, 0.3) is 0 Å². The maximum Gasteiger partial charge on any atom is 0.191 e. The molecule has 2 heterocycles. The van der Waals surface area contributed by atoms with Crippen LogP contribution in [0, 0.1) is 19.7 Å². The Morgan fingerprint density at radius 1 is 1.24 bits per heavy atom. The second-order valence-electron chi connectivity index (χ2n) is 7.71. The highest BCUT2D eigenvalue weighted by Crippen LogP contribution is 2.27. The van der Waals surface area contributed by atoms with Crippen LogP contribution in [0.4, 0.5) is 4.39 Å². The van der Waals surface area contributed by atoms with Crippen molar-refractivity contribution in [2.45, 2.75) is 39.8 Å². The number of guanidine groups is 1. The smallest absolute Gasteiger partial charge is 0.191 e. The number of hydrogen-bond donors (Lipinski definition) is 3. The third-order valence-corrected chi connectivity index (χ3v) is 4.84. The zero-order valence-corrected chi connectivity index (χ0v) is 21.5. The molecule has 0 aliphatic heterocycles. The minimum atomic E-state index is -1.14. The Morgan fingerprint density at radius 3 is 2.64 bits per heavy atom. The van der Waals surface area contributed by atoms with Crippen molar-refractivity contribution in [1.82, 2.24) is 15.6 Å². The maximum absolute atomic E-state index is 14.5. The van der Waals surface area contributed by atoms with Crippen molar-refractivity contribution >= 4 is 29.9 Å². The van der Waals surface area contributed by atoms with Gasteiger partial charge >= 0.3 is 0 Å². The van der Waals surface area contributed by atoms with Crippen LogP contribution in [-0.2, 0) is 12.1 Å². The van der Waals surface area contributed by atoms with Gasteiger partial charge in [0.25, 0.3) is 0 Å². The standard InChI is InChI=1S/C24H29FN4O3.HI/c1-5-27-23(29-15-24(4,30)20-11-16(2)31-17(20)3)28-13-18-8-9-22(21(25)12-18)32-19-7-6-10-26-14-19;/h6-12,14,30H,5,13,15H2,1-4H3,(H2,27,28,29);1H. The maximum atomic E-state index is 14.5. The van der Waals surface area contributed by atoms with Gasteiger partial charge in [-0.15, -0.1) is 24.0 Å². The largest absolute Gasteiger partial charge is 0.466 e. The van der Waals surface area contributed by atoms with Gasteiger partial charge in [-0.2, -0.15) is 0 Å². The van der Waals surface area contributed by atoms with E-state index in [1.54, 1.807) is 37.4 Å². The first-order valence-corrected chi connectivity index (χ1v) is 10.5. The summed E-state index contributed by atoms with van der Waals surface area (Å²) in [5.41, 5.74) is 0.269. The van der Waals surface area contributed by atoms with Crippen LogP contribution in [0.15, 0.2) is 58.2 Å². The van der Waals surface area contributed by atoms with Gasteiger partial charge in [0.05, 0.1) is 19.3 Å². The lowest BCUT2D eigenvalue weighted by Gasteiger charge is -2.24. The number of hydrogen-bond acceptors (Lipinski definition) is 5. The van der Waals surface area contributed by atoms with Crippen molar-refractivity contribution in [1.29, 1.82) is 0 Å². The number of halogens is 2. The number of aryl methyl sites for hydroxylation is 2. The summed E-state index contributed by atoms with van der Waals surface area (Å²) in [5, 5.41) is 17.2. The van der Waals surface area contributed by atoms with Crippen LogP contribution in [0.3, 0.4) is 0 Å². The summed E-state index contributed by atoms with van der Waals surface area (Å²) in [5.74, 6) is 2.05. The van der Waals surface area contributed by atoms with E-state index in [1.165, 1.54) is 12.3 Å². The predicted molar refractivity (Wildman–Crippen MR) is 137 cm³/mol. The summed E-state index contributed by atoms with van der Waals surface area (Å²) >= 11 is 0. The fourth-order valence-electron chi connectivity index (χ4n) is 3.29. The lowest BCUT2D eigenvalue weighted by atomic mass is 9.96. The normalized spacial score (nSPS) is 13.1. The molecule has 1 unspecified atom stereocenters. The molecular formula is C24H30FIN4O3. The fraction of sp³-hybridized carbons (Fsp3) is 0.333. The molecule has 3 N–H and O–H groups in total. The number of furan rings is 1. The van der Waals surface area contributed by atoms with Crippen molar-refractivity contribution in [3.63, 3.8) is 0 Å². The predicted octanol–water partition coefficient (Wildman–Crippen LogP) is 4.80. The van der Waals surface area contributed by atoms with Gasteiger partial charge in [-0.3, -0.25) is 4.98 Å². The van der Waals surface area contributed by atoms with Gasteiger partial charge in [0.15, 0.2) is 17.5 Å². The third kappa shape index (κ3) is 7.43. The molecule has 0 aliphatic rings. The molecule has 178 valence electrons. The molecular weight excluding hydrogens is 538 g/mol. The van der Waals surface area contributed by atoms with Crippen LogP contribution in [0.1, 0.15) is 36.5 Å². The summed E-state index contributed by atoms with van der Waals surface area (Å²) in [6.07, 6.45) is 3.14. The lowest BCUT2D eigenvalue weighted by Crippen LogP contribution is -2.44. The van der Waals surface area contributed by atoms with Gasteiger partial charge in [0.2, 0.25) is 0 Å². The quantitative estimate of drug-likeness (QED) is 0.206. The highest BCUT2D eigenvalue weighted by atomic mass is 127. The molecule has 0 aliphatic carbocycles. The van der Waals surface area contributed by atoms with Gasteiger partial charge < -0.3 is 24.9 Å². The van der Waals surface area contributed by atoms with Crippen LogP contribution in [-0.4, -0.2) is 29.1 Å². The molecule has 0 fully saturated rings. The summed E-state index contributed by atoms with van der Waals surface area (Å²) in [6, 6.07) is 9.99. The molecule has 0 saturated carbocycles. The Morgan fingerprint density at radius 2 is 2.03 bits per heavy atom. The van der Waals surface area contributed by atoms with Crippen LogP contribution >= 0.6 is 24.0 Å². The number of benzene rings is 1. The first-order valence-electron chi connectivity index (χ1n) is 10.5. The molecule has 0 radical (unpaired) electrons. The lowest BCUT2D eigenvalue weighted by molar-refractivity contribution is 0.0601. The molecule has 7 nitrogen and oxygen atoms in total. The topological polar surface area (TPSA) is 91.9 Å². The average molecular weight is 568 g/mol. The Kier molecular flexibility index (Phi) is 9.66. The monoisotopic (exact) mass is 568 g/mol. The Hall–Kier alpha value is -2.66.